The molecule has 1 fully saturated rings. The molecule has 0 radical (unpaired) electrons. The fraction of sp³-hybridized carbons (Fsp3) is 0.583. The van der Waals surface area contributed by atoms with Gasteiger partial charge < -0.3 is 15.5 Å². The van der Waals surface area contributed by atoms with Gasteiger partial charge in [-0.2, -0.15) is 0 Å². The van der Waals surface area contributed by atoms with E-state index in [1.807, 2.05) is 0 Å². The lowest BCUT2D eigenvalue weighted by Crippen LogP contribution is -2.26. The number of nitrogens with two attached hydrogens (primary N) is 1. The van der Waals surface area contributed by atoms with E-state index in [9.17, 15) is 4.79 Å². The molecule has 0 spiro atoms. The average Bonchev–Trinajstić information content (AvgIpc) is 2.77. The molecular weight excluding hydrogens is 230 g/mol. The van der Waals surface area contributed by atoms with Gasteiger partial charge in [-0.15, -0.1) is 0 Å². The molecule has 2 N–H and O–H groups in total. The van der Waals surface area contributed by atoms with Gasteiger partial charge >= 0.3 is 0 Å². The highest BCUT2D eigenvalue weighted by atomic mass is 16.1. The normalized spacial score (nSPS) is 19.5. The Bertz CT molecular complexity index is 434. The van der Waals surface area contributed by atoms with Crippen LogP contribution < -0.4 is 10.6 Å². The third-order valence-corrected chi connectivity index (χ3v) is 3.11. The molecular formula is C12H19N5O. The predicted molar refractivity (Wildman–Crippen MR) is 69.4 cm³/mol. The lowest BCUT2D eigenvalue weighted by molar-refractivity contribution is 0.0995. The summed E-state index contributed by atoms with van der Waals surface area (Å²) >= 11 is 0. The number of hydrogen-bond acceptors (Lipinski definition) is 5. The van der Waals surface area contributed by atoms with Gasteiger partial charge in [-0.1, -0.05) is 0 Å². The summed E-state index contributed by atoms with van der Waals surface area (Å²) in [6, 6.07) is 0. The van der Waals surface area contributed by atoms with Crippen molar-refractivity contribution in [2.24, 2.45) is 11.7 Å². The van der Waals surface area contributed by atoms with Gasteiger partial charge in [0.05, 0.1) is 12.4 Å². The van der Waals surface area contributed by atoms with Crippen LogP contribution in [0.15, 0.2) is 12.4 Å². The monoisotopic (exact) mass is 249 g/mol. The first kappa shape index (κ1) is 12.8. The van der Waals surface area contributed by atoms with E-state index in [0.717, 1.165) is 31.9 Å². The smallest absolute Gasteiger partial charge is 0.268 e. The number of carbonyl (C=O) groups is 1. The number of nitrogens with zero attached hydrogens (tertiary/aromatic N) is 4. The molecule has 6 heteroatoms. The highest BCUT2D eigenvalue weighted by Crippen LogP contribution is 2.21. The van der Waals surface area contributed by atoms with Gasteiger partial charge in [-0.25, -0.2) is 4.98 Å². The lowest BCUT2D eigenvalue weighted by Gasteiger charge is -2.19. The minimum Gasteiger partial charge on any atom is -0.364 e. The first-order chi connectivity index (χ1) is 8.56. The number of amides is 1. The first-order valence-corrected chi connectivity index (χ1v) is 6.08. The van der Waals surface area contributed by atoms with Crippen molar-refractivity contribution in [3.8, 4) is 0 Å². The minimum absolute atomic E-state index is 0.226. The highest BCUT2D eigenvalue weighted by Gasteiger charge is 2.24. The van der Waals surface area contributed by atoms with Crippen molar-refractivity contribution in [2.45, 2.75) is 6.42 Å². The molecule has 1 aliphatic rings. The second-order valence-electron chi connectivity index (χ2n) is 4.99. The first-order valence-electron chi connectivity index (χ1n) is 6.08. The van der Waals surface area contributed by atoms with Crippen LogP contribution in [-0.2, 0) is 0 Å². The van der Waals surface area contributed by atoms with E-state index in [2.05, 4.69) is 33.9 Å². The molecule has 0 bridgehead atoms. The molecule has 1 amide bonds. The van der Waals surface area contributed by atoms with Gasteiger partial charge in [0.1, 0.15) is 11.5 Å². The molecule has 18 heavy (non-hydrogen) atoms. The second-order valence-corrected chi connectivity index (χ2v) is 4.99. The Morgan fingerprint density at radius 2 is 2.33 bits per heavy atom. The fourth-order valence-corrected chi connectivity index (χ4v) is 2.33. The Balaban J connectivity index is 2.05. The SMILES string of the molecule is CN(C)C[C@@H]1CCN(c2cncc(C(N)=O)n2)C1. The van der Waals surface area contributed by atoms with Crippen LogP contribution in [0.3, 0.4) is 0 Å². The number of aromatic nitrogens is 2. The van der Waals surface area contributed by atoms with Gasteiger partial charge in [-0.05, 0) is 26.4 Å². The fourth-order valence-electron chi connectivity index (χ4n) is 2.33. The number of hydrogen-bond donors (Lipinski definition) is 1. The molecule has 1 aromatic heterocycles. The van der Waals surface area contributed by atoms with E-state index >= 15 is 0 Å². The predicted octanol–water partition coefficient (Wildman–Crippen LogP) is -0.0366. The maximum Gasteiger partial charge on any atom is 0.268 e. The molecule has 1 saturated heterocycles. The third kappa shape index (κ3) is 2.95. The average molecular weight is 249 g/mol. The van der Waals surface area contributed by atoms with Crippen LogP contribution >= 0.6 is 0 Å². The molecule has 1 aliphatic heterocycles. The highest BCUT2D eigenvalue weighted by molar-refractivity contribution is 5.90. The van der Waals surface area contributed by atoms with Gasteiger partial charge in [0.15, 0.2) is 0 Å². The number of carbonyl (C=O) groups excluding carboxylic acids is 1. The molecule has 1 atom stereocenters. The molecule has 98 valence electrons. The zero-order chi connectivity index (χ0) is 13.1. The van der Waals surface area contributed by atoms with E-state index in [1.54, 1.807) is 6.20 Å². The maximum absolute atomic E-state index is 11.1. The van der Waals surface area contributed by atoms with E-state index < -0.39 is 5.91 Å². The Morgan fingerprint density at radius 3 is 3.00 bits per heavy atom. The van der Waals surface area contributed by atoms with Crippen molar-refractivity contribution in [3.63, 3.8) is 0 Å². The molecule has 0 aliphatic carbocycles. The van der Waals surface area contributed by atoms with Crippen LogP contribution in [0.1, 0.15) is 16.9 Å². The summed E-state index contributed by atoms with van der Waals surface area (Å²) in [7, 11) is 4.16. The van der Waals surface area contributed by atoms with Crippen molar-refractivity contribution in [1.82, 2.24) is 14.9 Å². The number of anilines is 1. The Labute approximate surface area is 107 Å². The molecule has 1 aromatic rings. The van der Waals surface area contributed by atoms with Crippen LogP contribution in [0.2, 0.25) is 0 Å². The maximum atomic E-state index is 11.1. The van der Waals surface area contributed by atoms with Crippen molar-refractivity contribution >= 4 is 11.7 Å². The Hall–Kier alpha value is -1.69. The number of primary amides is 1. The quantitative estimate of drug-likeness (QED) is 0.810. The number of rotatable bonds is 4. The van der Waals surface area contributed by atoms with Gasteiger partial charge in [-0.3, -0.25) is 9.78 Å². The van der Waals surface area contributed by atoms with Crippen LogP contribution in [0.5, 0.6) is 0 Å². The zero-order valence-corrected chi connectivity index (χ0v) is 10.8. The van der Waals surface area contributed by atoms with Crippen LogP contribution in [-0.4, -0.2) is 54.5 Å². The van der Waals surface area contributed by atoms with E-state index in [-0.39, 0.29) is 5.69 Å². The standard InChI is InChI=1S/C12H19N5O/c1-16(2)7-9-3-4-17(8-9)11-6-14-5-10(15-11)12(13)18/h5-6,9H,3-4,7-8H2,1-2H3,(H2,13,18)/t9-/m0/s1. The molecule has 2 heterocycles. The van der Waals surface area contributed by atoms with Crippen molar-refractivity contribution in [2.75, 3.05) is 38.6 Å². The van der Waals surface area contributed by atoms with E-state index in [0.29, 0.717) is 5.92 Å². The minimum atomic E-state index is -0.534. The van der Waals surface area contributed by atoms with Gasteiger partial charge in [0, 0.05) is 19.6 Å². The van der Waals surface area contributed by atoms with Gasteiger partial charge in [0.2, 0.25) is 0 Å². The molecule has 2 rings (SSSR count). The van der Waals surface area contributed by atoms with Gasteiger partial charge in [0.25, 0.3) is 5.91 Å². The second kappa shape index (κ2) is 5.30. The summed E-state index contributed by atoms with van der Waals surface area (Å²) in [4.78, 5) is 23.7. The molecule has 0 unspecified atom stereocenters. The Kier molecular flexibility index (Phi) is 3.76. The van der Waals surface area contributed by atoms with E-state index in [4.69, 9.17) is 5.73 Å². The molecule has 0 saturated carbocycles. The summed E-state index contributed by atoms with van der Waals surface area (Å²) in [5.41, 5.74) is 5.43. The lowest BCUT2D eigenvalue weighted by atomic mass is 10.1. The Morgan fingerprint density at radius 1 is 1.56 bits per heavy atom. The zero-order valence-electron chi connectivity index (χ0n) is 10.8. The summed E-state index contributed by atoms with van der Waals surface area (Å²) in [5, 5.41) is 0. The van der Waals surface area contributed by atoms with Crippen LogP contribution in [0, 0.1) is 5.92 Å². The van der Waals surface area contributed by atoms with Crippen molar-refractivity contribution < 1.29 is 4.79 Å². The van der Waals surface area contributed by atoms with Crippen molar-refractivity contribution in [1.29, 1.82) is 0 Å². The largest absolute Gasteiger partial charge is 0.364 e. The molecule has 0 aromatic carbocycles. The topological polar surface area (TPSA) is 75.3 Å². The summed E-state index contributed by atoms with van der Waals surface area (Å²) in [6.45, 7) is 2.98. The van der Waals surface area contributed by atoms with Crippen LogP contribution in [0.4, 0.5) is 5.82 Å². The third-order valence-electron chi connectivity index (χ3n) is 3.11. The molecule has 6 nitrogen and oxygen atoms in total. The van der Waals surface area contributed by atoms with Crippen LogP contribution in [0.25, 0.3) is 0 Å². The summed E-state index contributed by atoms with van der Waals surface area (Å²) in [5.74, 6) is 0.847. The van der Waals surface area contributed by atoms with E-state index in [1.165, 1.54) is 6.20 Å². The summed E-state index contributed by atoms with van der Waals surface area (Å²) in [6.07, 6.45) is 4.23. The summed E-state index contributed by atoms with van der Waals surface area (Å²) < 4.78 is 0. The van der Waals surface area contributed by atoms with Crippen molar-refractivity contribution in [3.05, 3.63) is 18.1 Å².